The van der Waals surface area contributed by atoms with E-state index >= 15 is 0 Å². The summed E-state index contributed by atoms with van der Waals surface area (Å²) in [5.74, 6) is -0.343. The van der Waals surface area contributed by atoms with Gasteiger partial charge in [0.15, 0.2) is 0 Å². The van der Waals surface area contributed by atoms with E-state index in [9.17, 15) is 9.59 Å². The molecule has 0 spiro atoms. The third-order valence-corrected chi connectivity index (χ3v) is 5.79. The van der Waals surface area contributed by atoms with E-state index in [0.717, 1.165) is 22.3 Å². The van der Waals surface area contributed by atoms with E-state index in [1.165, 1.54) is 0 Å². The van der Waals surface area contributed by atoms with Gasteiger partial charge in [0.1, 0.15) is 6.04 Å². The van der Waals surface area contributed by atoms with Gasteiger partial charge in [0.2, 0.25) is 11.8 Å². The smallest absolute Gasteiger partial charge is 0.242 e. The molecule has 0 saturated carbocycles. The summed E-state index contributed by atoms with van der Waals surface area (Å²) in [4.78, 5) is 27.7. The zero-order valence-electron chi connectivity index (χ0n) is 18.1. The number of aryl methyl sites for hydroxylation is 1. The Labute approximate surface area is 199 Å². The van der Waals surface area contributed by atoms with E-state index in [0.29, 0.717) is 23.1 Å². The predicted octanol–water partition coefficient (Wildman–Crippen LogP) is 5.58. The Hall–Kier alpha value is -2.82. The van der Waals surface area contributed by atoms with E-state index in [1.807, 2.05) is 55.5 Å². The van der Waals surface area contributed by atoms with E-state index in [-0.39, 0.29) is 18.2 Å². The largest absolute Gasteiger partial charge is 0.350 e. The third kappa shape index (κ3) is 6.84. The molecule has 0 aliphatic rings. The van der Waals surface area contributed by atoms with Crippen LogP contribution in [0.1, 0.15) is 29.2 Å². The fourth-order valence-electron chi connectivity index (χ4n) is 3.29. The molecule has 4 nitrogen and oxygen atoms in total. The summed E-state index contributed by atoms with van der Waals surface area (Å²) in [5, 5.41) is 4.18. The number of nitrogens with one attached hydrogen (secondary N) is 1. The van der Waals surface area contributed by atoms with Crippen LogP contribution in [-0.4, -0.2) is 22.8 Å². The SMILES string of the molecule is Cc1ccc(CNC(=O)[C@@H](C)N(Cc2ccc(Cl)cc2)C(=O)Cc2ccc(Cl)cc2)cc1. The molecule has 0 radical (unpaired) electrons. The molecule has 2 amide bonds. The number of amides is 2. The third-order valence-electron chi connectivity index (χ3n) is 5.29. The van der Waals surface area contributed by atoms with Crippen LogP contribution in [0.25, 0.3) is 0 Å². The average Bonchev–Trinajstić information content (AvgIpc) is 2.79. The summed E-state index contributed by atoms with van der Waals surface area (Å²) in [5.41, 5.74) is 3.91. The maximum Gasteiger partial charge on any atom is 0.242 e. The van der Waals surface area contributed by atoms with Crippen LogP contribution >= 0.6 is 23.2 Å². The fourth-order valence-corrected chi connectivity index (χ4v) is 3.54. The number of carbonyl (C=O) groups excluding carboxylic acids is 2. The van der Waals surface area contributed by atoms with Gasteiger partial charge in [0.05, 0.1) is 6.42 Å². The number of hydrogen-bond acceptors (Lipinski definition) is 2. The summed E-state index contributed by atoms with van der Waals surface area (Å²) in [7, 11) is 0. The van der Waals surface area contributed by atoms with Gasteiger partial charge in [-0.3, -0.25) is 9.59 Å². The lowest BCUT2D eigenvalue weighted by Crippen LogP contribution is -2.47. The lowest BCUT2D eigenvalue weighted by molar-refractivity contribution is -0.140. The molecule has 3 rings (SSSR count). The highest BCUT2D eigenvalue weighted by atomic mass is 35.5. The zero-order chi connectivity index (χ0) is 23.1. The Kier molecular flexibility index (Phi) is 8.32. The van der Waals surface area contributed by atoms with E-state index in [2.05, 4.69) is 5.32 Å². The minimum Gasteiger partial charge on any atom is -0.350 e. The highest BCUT2D eigenvalue weighted by molar-refractivity contribution is 6.30. The molecule has 3 aromatic carbocycles. The highest BCUT2D eigenvalue weighted by Crippen LogP contribution is 2.16. The maximum atomic E-state index is 13.2. The Morgan fingerprint density at radius 1 is 0.812 bits per heavy atom. The first-order chi connectivity index (χ1) is 15.3. The van der Waals surface area contributed by atoms with Gasteiger partial charge >= 0.3 is 0 Å². The molecular weight excluding hydrogens is 443 g/mol. The molecular formula is C26H26Cl2N2O2. The average molecular weight is 469 g/mol. The van der Waals surface area contributed by atoms with E-state index < -0.39 is 6.04 Å². The van der Waals surface area contributed by atoms with Crippen molar-refractivity contribution in [3.63, 3.8) is 0 Å². The van der Waals surface area contributed by atoms with Gasteiger partial charge in [-0.1, -0.05) is 77.3 Å². The molecule has 0 bridgehead atoms. The minimum absolute atomic E-state index is 0.139. The topological polar surface area (TPSA) is 49.4 Å². The standard InChI is InChI=1S/C26H26Cl2N2O2/c1-18-3-5-21(6-4-18)16-29-26(32)19(2)30(17-22-9-13-24(28)14-10-22)25(31)15-20-7-11-23(27)12-8-20/h3-14,19H,15-17H2,1-2H3,(H,29,32)/t19-/m1/s1. The number of nitrogens with zero attached hydrogens (tertiary/aromatic N) is 1. The highest BCUT2D eigenvalue weighted by Gasteiger charge is 2.26. The van der Waals surface area contributed by atoms with Crippen LogP contribution in [0.5, 0.6) is 0 Å². The second-order valence-corrected chi connectivity index (χ2v) is 8.70. The number of carbonyl (C=O) groups is 2. The second kappa shape index (κ2) is 11.2. The van der Waals surface area contributed by atoms with Gasteiger partial charge in [-0.25, -0.2) is 0 Å². The molecule has 0 fully saturated rings. The molecule has 0 heterocycles. The van der Waals surface area contributed by atoms with Crippen molar-refractivity contribution < 1.29 is 9.59 Å². The van der Waals surface area contributed by atoms with Crippen molar-refractivity contribution in [3.8, 4) is 0 Å². The predicted molar refractivity (Wildman–Crippen MR) is 130 cm³/mol. The fraction of sp³-hybridized carbons (Fsp3) is 0.231. The Bertz CT molecular complexity index is 1050. The zero-order valence-corrected chi connectivity index (χ0v) is 19.7. The van der Waals surface area contributed by atoms with E-state index in [4.69, 9.17) is 23.2 Å². The molecule has 0 aromatic heterocycles. The first-order valence-electron chi connectivity index (χ1n) is 10.4. The van der Waals surface area contributed by atoms with Gasteiger partial charge in [-0.2, -0.15) is 0 Å². The molecule has 0 aliphatic heterocycles. The van der Waals surface area contributed by atoms with Crippen LogP contribution in [0.4, 0.5) is 0 Å². The van der Waals surface area contributed by atoms with Gasteiger partial charge in [0.25, 0.3) is 0 Å². The van der Waals surface area contributed by atoms with Crippen molar-refractivity contribution in [1.29, 1.82) is 0 Å². The molecule has 0 aliphatic carbocycles. The van der Waals surface area contributed by atoms with Crippen LogP contribution < -0.4 is 5.32 Å². The van der Waals surface area contributed by atoms with Crippen molar-refractivity contribution in [2.24, 2.45) is 0 Å². The molecule has 6 heteroatoms. The van der Waals surface area contributed by atoms with Crippen molar-refractivity contribution in [3.05, 3.63) is 105 Å². The molecule has 1 atom stereocenters. The molecule has 166 valence electrons. The van der Waals surface area contributed by atoms with Gasteiger partial charge in [0, 0.05) is 23.1 Å². The summed E-state index contributed by atoms with van der Waals surface area (Å²) in [6.45, 7) is 4.48. The molecule has 32 heavy (non-hydrogen) atoms. The number of benzene rings is 3. The maximum absolute atomic E-state index is 13.2. The van der Waals surface area contributed by atoms with Crippen molar-refractivity contribution in [2.75, 3.05) is 0 Å². The Morgan fingerprint density at radius 2 is 1.31 bits per heavy atom. The summed E-state index contributed by atoms with van der Waals surface area (Å²) in [6.07, 6.45) is 0.181. The van der Waals surface area contributed by atoms with Crippen molar-refractivity contribution in [2.45, 2.75) is 39.4 Å². The van der Waals surface area contributed by atoms with Crippen LogP contribution in [0.3, 0.4) is 0 Å². The molecule has 0 saturated heterocycles. The lowest BCUT2D eigenvalue weighted by Gasteiger charge is -2.29. The summed E-state index contributed by atoms with van der Waals surface area (Å²) < 4.78 is 0. The van der Waals surface area contributed by atoms with E-state index in [1.54, 1.807) is 36.1 Å². The monoisotopic (exact) mass is 468 g/mol. The summed E-state index contributed by atoms with van der Waals surface area (Å²) >= 11 is 12.0. The Balaban J connectivity index is 1.73. The lowest BCUT2D eigenvalue weighted by atomic mass is 10.1. The Morgan fingerprint density at radius 3 is 1.88 bits per heavy atom. The number of hydrogen-bond donors (Lipinski definition) is 1. The van der Waals surface area contributed by atoms with Crippen molar-refractivity contribution in [1.82, 2.24) is 10.2 Å². The van der Waals surface area contributed by atoms with Crippen LogP contribution in [0.15, 0.2) is 72.8 Å². The summed E-state index contributed by atoms with van der Waals surface area (Å²) in [6, 6.07) is 21.8. The molecule has 3 aromatic rings. The quantitative estimate of drug-likeness (QED) is 0.469. The molecule has 1 N–H and O–H groups in total. The second-order valence-electron chi connectivity index (χ2n) is 7.83. The first-order valence-corrected chi connectivity index (χ1v) is 11.2. The van der Waals surface area contributed by atoms with Crippen LogP contribution in [0.2, 0.25) is 10.0 Å². The van der Waals surface area contributed by atoms with Crippen molar-refractivity contribution >= 4 is 35.0 Å². The van der Waals surface area contributed by atoms with Crippen LogP contribution in [0, 0.1) is 6.92 Å². The van der Waals surface area contributed by atoms with Gasteiger partial charge in [-0.05, 0) is 54.8 Å². The first kappa shape index (κ1) is 23.8. The molecule has 0 unspecified atom stereocenters. The normalized spacial score (nSPS) is 11.6. The van der Waals surface area contributed by atoms with Crippen LogP contribution in [-0.2, 0) is 29.1 Å². The van der Waals surface area contributed by atoms with Gasteiger partial charge in [-0.15, -0.1) is 0 Å². The number of rotatable bonds is 8. The van der Waals surface area contributed by atoms with Gasteiger partial charge < -0.3 is 10.2 Å². The minimum atomic E-state index is -0.643. The number of halogens is 2.